The van der Waals surface area contributed by atoms with Crippen LogP contribution in [0.4, 0.5) is 0 Å². The van der Waals surface area contributed by atoms with Crippen LogP contribution in [0.15, 0.2) is 33.3 Å². The van der Waals surface area contributed by atoms with Gasteiger partial charge in [-0.15, -0.1) is 0 Å². The van der Waals surface area contributed by atoms with Crippen molar-refractivity contribution >= 4 is 15.9 Å². The first-order chi connectivity index (χ1) is 9.31. The minimum atomic E-state index is 0.234. The lowest BCUT2D eigenvalue weighted by Crippen LogP contribution is -2.27. The van der Waals surface area contributed by atoms with Crippen molar-refractivity contribution in [3.05, 3.63) is 46.0 Å². The molecule has 0 bridgehead atoms. The molecule has 2 aromatic rings. The zero-order valence-corrected chi connectivity index (χ0v) is 12.2. The van der Waals surface area contributed by atoms with Crippen molar-refractivity contribution in [1.82, 2.24) is 15.5 Å². The van der Waals surface area contributed by atoms with Crippen LogP contribution in [0.2, 0.25) is 0 Å². The van der Waals surface area contributed by atoms with Crippen LogP contribution in [-0.4, -0.2) is 16.7 Å². The van der Waals surface area contributed by atoms with Crippen molar-refractivity contribution in [2.24, 2.45) is 0 Å². The highest BCUT2D eigenvalue weighted by molar-refractivity contribution is 9.10. The summed E-state index contributed by atoms with van der Waals surface area (Å²) in [6.45, 7) is 1.04. The first kappa shape index (κ1) is 12.8. The van der Waals surface area contributed by atoms with Gasteiger partial charge in [0, 0.05) is 10.9 Å². The molecule has 4 nitrogen and oxygen atoms in total. The van der Waals surface area contributed by atoms with E-state index in [0.29, 0.717) is 6.42 Å². The lowest BCUT2D eigenvalue weighted by molar-refractivity contribution is 0.296. The minimum absolute atomic E-state index is 0.234. The van der Waals surface area contributed by atoms with Crippen LogP contribution in [0.5, 0.6) is 0 Å². The lowest BCUT2D eigenvalue weighted by Gasteiger charge is -2.19. The van der Waals surface area contributed by atoms with E-state index in [1.807, 2.05) is 12.1 Å². The van der Waals surface area contributed by atoms with Gasteiger partial charge in [-0.3, -0.25) is 0 Å². The summed E-state index contributed by atoms with van der Waals surface area (Å²) < 4.78 is 6.44. The van der Waals surface area contributed by atoms with Gasteiger partial charge in [-0.2, -0.15) is 4.98 Å². The van der Waals surface area contributed by atoms with Crippen LogP contribution >= 0.6 is 15.9 Å². The summed E-state index contributed by atoms with van der Waals surface area (Å²) in [5.41, 5.74) is 1.18. The number of rotatable bonds is 3. The Morgan fingerprint density at radius 3 is 3.11 bits per heavy atom. The van der Waals surface area contributed by atoms with Crippen molar-refractivity contribution in [2.45, 2.75) is 31.7 Å². The van der Waals surface area contributed by atoms with Crippen molar-refractivity contribution < 1.29 is 4.52 Å². The van der Waals surface area contributed by atoms with Gasteiger partial charge in [-0.05, 0) is 37.1 Å². The van der Waals surface area contributed by atoms with E-state index in [9.17, 15) is 0 Å². The van der Waals surface area contributed by atoms with Gasteiger partial charge in [0.2, 0.25) is 5.89 Å². The Bertz CT molecular complexity index is 549. The van der Waals surface area contributed by atoms with E-state index in [2.05, 4.69) is 43.5 Å². The molecular formula is C14H16BrN3O. The van der Waals surface area contributed by atoms with Gasteiger partial charge in [0.15, 0.2) is 5.82 Å². The Labute approximate surface area is 120 Å². The van der Waals surface area contributed by atoms with Crippen LogP contribution in [-0.2, 0) is 6.42 Å². The Morgan fingerprint density at radius 2 is 2.32 bits per heavy atom. The smallest absolute Gasteiger partial charge is 0.243 e. The summed E-state index contributed by atoms with van der Waals surface area (Å²) >= 11 is 3.47. The van der Waals surface area contributed by atoms with Gasteiger partial charge in [-0.1, -0.05) is 39.6 Å². The zero-order chi connectivity index (χ0) is 13.1. The molecule has 0 spiro atoms. The average molecular weight is 322 g/mol. The Kier molecular flexibility index (Phi) is 3.94. The number of benzene rings is 1. The fourth-order valence-electron chi connectivity index (χ4n) is 2.37. The van der Waals surface area contributed by atoms with E-state index in [1.165, 1.54) is 18.4 Å². The third-order valence-electron chi connectivity index (χ3n) is 3.34. The van der Waals surface area contributed by atoms with Crippen LogP contribution in [0.3, 0.4) is 0 Å². The molecule has 0 unspecified atom stereocenters. The Morgan fingerprint density at radius 1 is 1.37 bits per heavy atom. The zero-order valence-electron chi connectivity index (χ0n) is 10.6. The fraction of sp³-hybridized carbons (Fsp3) is 0.429. The topological polar surface area (TPSA) is 51.0 Å². The summed E-state index contributed by atoms with van der Waals surface area (Å²) in [5.74, 6) is 1.48. The number of piperidine rings is 1. The van der Waals surface area contributed by atoms with E-state index in [4.69, 9.17) is 4.52 Å². The number of nitrogens with one attached hydrogen (secondary N) is 1. The molecule has 1 fully saturated rings. The molecule has 5 heteroatoms. The molecule has 3 rings (SSSR count). The van der Waals surface area contributed by atoms with E-state index < -0.39 is 0 Å². The van der Waals surface area contributed by atoms with E-state index in [0.717, 1.165) is 29.2 Å². The second-order valence-corrected chi connectivity index (χ2v) is 5.77. The van der Waals surface area contributed by atoms with Crippen LogP contribution in [0, 0.1) is 0 Å². The third-order valence-corrected chi connectivity index (χ3v) is 3.84. The largest absolute Gasteiger partial charge is 0.338 e. The third kappa shape index (κ3) is 3.22. The maximum absolute atomic E-state index is 5.37. The highest BCUT2D eigenvalue weighted by Gasteiger charge is 2.20. The van der Waals surface area contributed by atoms with Gasteiger partial charge < -0.3 is 9.84 Å². The SMILES string of the molecule is Brc1cccc(Cc2noc([C@@H]3CCCCN3)n2)c1. The Balaban J connectivity index is 1.70. The molecule has 1 aromatic heterocycles. The fourth-order valence-corrected chi connectivity index (χ4v) is 2.82. The molecule has 0 saturated carbocycles. The van der Waals surface area contributed by atoms with Crippen molar-refractivity contribution in [3.63, 3.8) is 0 Å². The molecular weight excluding hydrogens is 306 g/mol. The van der Waals surface area contributed by atoms with E-state index in [-0.39, 0.29) is 6.04 Å². The predicted molar refractivity (Wildman–Crippen MR) is 75.8 cm³/mol. The Hall–Kier alpha value is -1.20. The highest BCUT2D eigenvalue weighted by atomic mass is 79.9. The first-order valence-electron chi connectivity index (χ1n) is 6.61. The van der Waals surface area contributed by atoms with Crippen LogP contribution < -0.4 is 5.32 Å². The molecule has 100 valence electrons. The number of nitrogens with zero attached hydrogens (tertiary/aromatic N) is 2. The number of hydrogen-bond acceptors (Lipinski definition) is 4. The van der Waals surface area contributed by atoms with Gasteiger partial charge >= 0.3 is 0 Å². The predicted octanol–water partition coefficient (Wildman–Crippen LogP) is 3.24. The number of aromatic nitrogens is 2. The minimum Gasteiger partial charge on any atom is -0.338 e. The summed E-state index contributed by atoms with van der Waals surface area (Å²) in [6, 6.07) is 8.41. The number of hydrogen-bond donors (Lipinski definition) is 1. The molecule has 0 amide bonds. The maximum Gasteiger partial charge on any atom is 0.243 e. The van der Waals surface area contributed by atoms with Crippen LogP contribution in [0.25, 0.3) is 0 Å². The molecule has 2 heterocycles. The van der Waals surface area contributed by atoms with Gasteiger partial charge in [0.1, 0.15) is 0 Å². The highest BCUT2D eigenvalue weighted by Crippen LogP contribution is 2.22. The molecule has 19 heavy (non-hydrogen) atoms. The van der Waals surface area contributed by atoms with Crippen LogP contribution in [0.1, 0.15) is 42.6 Å². The van der Waals surface area contributed by atoms with Gasteiger partial charge in [0.05, 0.1) is 6.04 Å². The molecule has 1 aliphatic heterocycles. The maximum atomic E-state index is 5.37. The van der Waals surface area contributed by atoms with E-state index >= 15 is 0 Å². The molecule has 1 aliphatic rings. The van der Waals surface area contributed by atoms with Crippen molar-refractivity contribution in [2.75, 3.05) is 6.54 Å². The van der Waals surface area contributed by atoms with Gasteiger partial charge in [-0.25, -0.2) is 0 Å². The summed E-state index contributed by atoms with van der Waals surface area (Å²) in [5, 5.41) is 7.49. The molecule has 0 radical (unpaired) electrons. The van der Waals surface area contributed by atoms with Crippen molar-refractivity contribution in [3.8, 4) is 0 Å². The molecule has 1 atom stereocenters. The number of halogens is 1. The molecule has 1 aromatic carbocycles. The van der Waals surface area contributed by atoms with Gasteiger partial charge in [0.25, 0.3) is 0 Å². The monoisotopic (exact) mass is 321 g/mol. The first-order valence-corrected chi connectivity index (χ1v) is 7.41. The summed E-state index contributed by atoms with van der Waals surface area (Å²) in [7, 11) is 0. The quantitative estimate of drug-likeness (QED) is 0.942. The summed E-state index contributed by atoms with van der Waals surface area (Å²) in [6.07, 6.45) is 4.24. The molecule has 1 saturated heterocycles. The molecule has 1 N–H and O–H groups in total. The second-order valence-electron chi connectivity index (χ2n) is 4.86. The standard InChI is InChI=1S/C14H16BrN3O/c15-11-5-3-4-10(8-11)9-13-17-14(19-18-13)12-6-1-2-7-16-12/h3-5,8,12,16H,1-2,6-7,9H2/t12-/m0/s1. The summed E-state index contributed by atoms with van der Waals surface area (Å²) in [4.78, 5) is 4.50. The molecule has 0 aliphatic carbocycles. The normalized spacial score (nSPS) is 19.5. The van der Waals surface area contributed by atoms with Crippen molar-refractivity contribution in [1.29, 1.82) is 0 Å². The lowest BCUT2D eigenvalue weighted by atomic mass is 10.1. The second kappa shape index (κ2) is 5.84. The average Bonchev–Trinajstić information content (AvgIpc) is 2.88. The van der Waals surface area contributed by atoms with E-state index in [1.54, 1.807) is 0 Å².